The third-order valence-electron chi connectivity index (χ3n) is 5.46. The number of aliphatic hydroxyl groups is 4. The number of aliphatic hydroxyl groups excluding tert-OH is 4. The van der Waals surface area contributed by atoms with E-state index in [2.05, 4.69) is 0 Å². The Balaban J connectivity index is 1.51. The van der Waals surface area contributed by atoms with Crippen molar-refractivity contribution in [2.24, 2.45) is 0 Å². The normalized spacial score (nSPS) is 34.8. The van der Waals surface area contributed by atoms with Crippen LogP contribution in [0.15, 0.2) is 0 Å². The molecule has 6 heteroatoms. The summed E-state index contributed by atoms with van der Waals surface area (Å²) >= 11 is 0. The maximum Gasteiger partial charge on any atom is 0.109 e. The lowest BCUT2D eigenvalue weighted by Gasteiger charge is -2.43. The summed E-state index contributed by atoms with van der Waals surface area (Å²) in [5.41, 5.74) is 0. The fraction of sp³-hybridized carbons (Fsp3) is 1.00. The van der Waals surface area contributed by atoms with Crippen molar-refractivity contribution in [1.29, 1.82) is 0 Å². The van der Waals surface area contributed by atoms with Crippen molar-refractivity contribution in [3.63, 3.8) is 0 Å². The van der Waals surface area contributed by atoms with Gasteiger partial charge in [0.05, 0.1) is 24.9 Å². The van der Waals surface area contributed by atoms with Gasteiger partial charge in [-0.1, -0.05) is 32.1 Å². The second-order valence-electron chi connectivity index (χ2n) is 7.34. The summed E-state index contributed by atoms with van der Waals surface area (Å²) in [4.78, 5) is 1.90. The van der Waals surface area contributed by atoms with Crippen LogP contribution in [0.5, 0.6) is 0 Å². The molecule has 2 fully saturated rings. The monoisotopic (exact) mass is 345 g/mol. The average Bonchev–Trinajstić information content (AvgIpc) is 3.08. The van der Waals surface area contributed by atoms with Gasteiger partial charge in [-0.25, -0.2) is 0 Å². The van der Waals surface area contributed by atoms with E-state index in [9.17, 15) is 20.4 Å². The molecule has 0 aliphatic carbocycles. The van der Waals surface area contributed by atoms with E-state index in [0.717, 1.165) is 26.0 Å². The van der Waals surface area contributed by atoms with Crippen LogP contribution in [0, 0.1) is 0 Å². The van der Waals surface area contributed by atoms with E-state index in [4.69, 9.17) is 4.74 Å². The van der Waals surface area contributed by atoms with Crippen LogP contribution in [-0.2, 0) is 4.74 Å². The van der Waals surface area contributed by atoms with Crippen LogP contribution in [0.4, 0.5) is 0 Å². The first-order valence-corrected chi connectivity index (χ1v) is 9.64. The van der Waals surface area contributed by atoms with Gasteiger partial charge >= 0.3 is 0 Å². The molecule has 2 aliphatic rings. The topological polar surface area (TPSA) is 93.4 Å². The Morgan fingerprint density at radius 2 is 1.62 bits per heavy atom. The van der Waals surface area contributed by atoms with Gasteiger partial charge < -0.3 is 25.2 Å². The minimum atomic E-state index is -1.16. The molecule has 0 radical (unpaired) electrons. The van der Waals surface area contributed by atoms with Gasteiger partial charge in [-0.05, 0) is 32.2 Å². The van der Waals surface area contributed by atoms with Gasteiger partial charge in [0.25, 0.3) is 0 Å². The molecule has 2 rings (SSSR count). The number of piperidine rings is 1. The van der Waals surface area contributed by atoms with Gasteiger partial charge in [0.2, 0.25) is 0 Å². The number of rotatable bonds is 10. The van der Waals surface area contributed by atoms with Crippen molar-refractivity contribution in [1.82, 2.24) is 4.90 Å². The third-order valence-corrected chi connectivity index (χ3v) is 5.46. The number of nitrogens with zero attached hydrogens (tertiary/aromatic N) is 1. The van der Waals surface area contributed by atoms with Crippen molar-refractivity contribution in [2.75, 3.05) is 26.3 Å². The first-order chi connectivity index (χ1) is 11.6. The van der Waals surface area contributed by atoms with Gasteiger partial charge in [0.1, 0.15) is 12.2 Å². The van der Waals surface area contributed by atoms with Crippen molar-refractivity contribution >= 4 is 0 Å². The average molecular weight is 345 g/mol. The van der Waals surface area contributed by atoms with Crippen LogP contribution in [-0.4, -0.2) is 82.1 Å². The van der Waals surface area contributed by atoms with Crippen LogP contribution in [0.2, 0.25) is 0 Å². The summed E-state index contributed by atoms with van der Waals surface area (Å²) < 4.78 is 5.63. The molecule has 4 N–H and O–H groups in total. The van der Waals surface area contributed by atoms with Crippen molar-refractivity contribution < 1.29 is 25.2 Å². The molecule has 2 saturated heterocycles. The standard InChI is InChI=1S/C18H35NO5/c20-13-15-17(22)18(23)16(21)12-19(15)10-6-4-2-1-3-5-8-14-9-7-11-24-14/h14-18,20-23H,1-13H2/t14?,15-,16?,17?,18?/m0/s1. The molecule has 2 aliphatic heterocycles. The van der Waals surface area contributed by atoms with E-state index in [1.807, 2.05) is 4.90 Å². The summed E-state index contributed by atoms with van der Waals surface area (Å²) in [5.74, 6) is 0. The minimum Gasteiger partial charge on any atom is -0.395 e. The molecule has 2 heterocycles. The Morgan fingerprint density at radius 3 is 2.29 bits per heavy atom. The number of unbranched alkanes of at least 4 members (excludes halogenated alkanes) is 5. The van der Waals surface area contributed by atoms with E-state index >= 15 is 0 Å². The number of hydrogen-bond donors (Lipinski definition) is 4. The predicted octanol–water partition coefficient (Wildman–Crippen LogP) is 0.655. The second kappa shape index (κ2) is 10.7. The summed E-state index contributed by atoms with van der Waals surface area (Å²) in [5, 5.41) is 38.8. The smallest absolute Gasteiger partial charge is 0.109 e. The molecule has 142 valence electrons. The highest BCUT2D eigenvalue weighted by Crippen LogP contribution is 2.21. The third kappa shape index (κ3) is 5.93. The Hall–Kier alpha value is -0.240. The molecule has 0 amide bonds. The zero-order valence-corrected chi connectivity index (χ0v) is 14.7. The number of ether oxygens (including phenoxy) is 1. The van der Waals surface area contributed by atoms with Gasteiger partial charge in [0, 0.05) is 13.2 Å². The minimum absolute atomic E-state index is 0.200. The first kappa shape index (κ1) is 20.1. The van der Waals surface area contributed by atoms with Crippen molar-refractivity contribution in [3.05, 3.63) is 0 Å². The Bertz CT molecular complexity index is 337. The van der Waals surface area contributed by atoms with Crippen LogP contribution in [0.3, 0.4) is 0 Å². The predicted molar refractivity (Wildman–Crippen MR) is 91.8 cm³/mol. The second-order valence-corrected chi connectivity index (χ2v) is 7.34. The lowest BCUT2D eigenvalue weighted by atomic mass is 9.94. The Kier molecular flexibility index (Phi) is 8.94. The molecule has 0 aromatic heterocycles. The Labute approximate surface area is 145 Å². The lowest BCUT2D eigenvalue weighted by molar-refractivity contribution is -0.145. The highest BCUT2D eigenvalue weighted by Gasteiger charge is 2.40. The molecule has 0 saturated carbocycles. The molecular formula is C18H35NO5. The maximum absolute atomic E-state index is 9.95. The maximum atomic E-state index is 9.95. The molecule has 0 aromatic rings. The van der Waals surface area contributed by atoms with E-state index in [1.54, 1.807) is 0 Å². The van der Waals surface area contributed by atoms with Crippen LogP contribution < -0.4 is 0 Å². The van der Waals surface area contributed by atoms with E-state index in [1.165, 1.54) is 44.9 Å². The molecule has 24 heavy (non-hydrogen) atoms. The van der Waals surface area contributed by atoms with Gasteiger partial charge in [0.15, 0.2) is 0 Å². The zero-order valence-electron chi connectivity index (χ0n) is 14.7. The fourth-order valence-corrected chi connectivity index (χ4v) is 3.90. The van der Waals surface area contributed by atoms with Gasteiger partial charge in [-0.3, -0.25) is 4.90 Å². The lowest BCUT2D eigenvalue weighted by Crippen LogP contribution is -2.62. The zero-order chi connectivity index (χ0) is 17.4. The highest BCUT2D eigenvalue weighted by atomic mass is 16.5. The van der Waals surface area contributed by atoms with E-state index < -0.39 is 24.4 Å². The molecule has 0 bridgehead atoms. The summed E-state index contributed by atoms with van der Waals surface area (Å²) in [6.45, 7) is 1.79. The van der Waals surface area contributed by atoms with Crippen LogP contribution in [0.25, 0.3) is 0 Å². The van der Waals surface area contributed by atoms with E-state index in [0.29, 0.717) is 12.6 Å². The quantitative estimate of drug-likeness (QED) is 0.435. The SMILES string of the molecule is OC[C@H]1C(O)C(O)C(O)CN1CCCCCCCCC1CCCO1. The summed E-state index contributed by atoms with van der Waals surface area (Å²) in [7, 11) is 0. The van der Waals surface area contributed by atoms with Crippen LogP contribution >= 0.6 is 0 Å². The number of β-amino-alcohol motifs (C(OH)–C–C–N with tert-alkyl or cyclic N) is 1. The Morgan fingerprint density at radius 1 is 0.917 bits per heavy atom. The first-order valence-electron chi connectivity index (χ1n) is 9.64. The van der Waals surface area contributed by atoms with Crippen LogP contribution in [0.1, 0.15) is 57.8 Å². The molecular weight excluding hydrogens is 310 g/mol. The number of hydrogen-bond acceptors (Lipinski definition) is 6. The molecule has 0 aromatic carbocycles. The van der Waals surface area contributed by atoms with Gasteiger partial charge in [-0.2, -0.15) is 0 Å². The molecule has 6 nitrogen and oxygen atoms in total. The van der Waals surface area contributed by atoms with Crippen molar-refractivity contribution in [3.8, 4) is 0 Å². The van der Waals surface area contributed by atoms with Gasteiger partial charge in [-0.15, -0.1) is 0 Å². The van der Waals surface area contributed by atoms with E-state index in [-0.39, 0.29) is 6.61 Å². The largest absolute Gasteiger partial charge is 0.395 e. The summed E-state index contributed by atoms with van der Waals surface area (Å²) in [6.07, 6.45) is 7.99. The number of likely N-dealkylation sites (tertiary alicyclic amines) is 1. The fourth-order valence-electron chi connectivity index (χ4n) is 3.90. The van der Waals surface area contributed by atoms with Crippen molar-refractivity contribution in [2.45, 2.75) is 88.2 Å². The summed E-state index contributed by atoms with van der Waals surface area (Å²) in [6, 6.07) is -0.477. The highest BCUT2D eigenvalue weighted by molar-refractivity contribution is 4.93. The molecule has 5 atom stereocenters. The molecule has 0 spiro atoms. The molecule has 4 unspecified atom stereocenters.